The van der Waals surface area contributed by atoms with Gasteiger partial charge in [0, 0.05) is 12.7 Å². The number of pyridine rings is 1. The summed E-state index contributed by atoms with van der Waals surface area (Å²) >= 11 is 0. The molecule has 7 nitrogen and oxygen atoms in total. The zero-order chi connectivity index (χ0) is 21.7. The lowest BCUT2D eigenvalue weighted by molar-refractivity contribution is -0.138. The van der Waals surface area contributed by atoms with Crippen LogP contribution >= 0.6 is 0 Å². The van der Waals surface area contributed by atoms with E-state index in [1.54, 1.807) is 6.07 Å². The Labute approximate surface area is 171 Å². The zero-order valence-electron chi connectivity index (χ0n) is 16.0. The van der Waals surface area contributed by atoms with Gasteiger partial charge in [0.05, 0.1) is 18.8 Å². The topological polar surface area (TPSA) is 93.8 Å². The molecule has 0 atom stereocenters. The highest BCUT2D eigenvalue weighted by atomic mass is 19.4. The van der Waals surface area contributed by atoms with Crippen LogP contribution in [-0.4, -0.2) is 36.9 Å². The Morgan fingerprint density at radius 3 is 2.77 bits per heavy atom. The third-order valence-electron chi connectivity index (χ3n) is 4.19. The molecule has 0 amide bonds. The highest BCUT2D eigenvalue weighted by Crippen LogP contribution is 2.38. The average molecular weight is 422 g/mol. The van der Waals surface area contributed by atoms with Crippen LogP contribution in [0.4, 0.5) is 13.2 Å². The van der Waals surface area contributed by atoms with E-state index in [-0.39, 0.29) is 31.5 Å². The Balaban J connectivity index is 1.88. The average Bonchev–Trinajstić information content (AvgIpc) is 3.07. The Hall–Kier alpha value is -2.81. The van der Waals surface area contributed by atoms with E-state index in [0.717, 1.165) is 6.42 Å². The number of aromatic nitrogens is 1. The first-order valence-corrected chi connectivity index (χ1v) is 9.16. The second-order valence-electron chi connectivity index (χ2n) is 6.38. The summed E-state index contributed by atoms with van der Waals surface area (Å²) in [4.78, 5) is 3.94. The van der Waals surface area contributed by atoms with Crippen molar-refractivity contribution < 1.29 is 37.1 Å². The van der Waals surface area contributed by atoms with Gasteiger partial charge in [0.1, 0.15) is 24.0 Å². The van der Waals surface area contributed by atoms with Gasteiger partial charge in [0.25, 0.3) is 0 Å². The molecule has 1 aromatic heterocycles. The maximum absolute atomic E-state index is 13.5. The minimum atomic E-state index is -4.81. The number of rotatable bonds is 8. The lowest BCUT2D eigenvalue weighted by atomic mass is 9.80. The molecule has 0 saturated heterocycles. The van der Waals surface area contributed by atoms with E-state index in [0.29, 0.717) is 23.7 Å². The molecule has 0 bridgehead atoms. The summed E-state index contributed by atoms with van der Waals surface area (Å²) in [5, 5.41) is 18.9. The monoisotopic (exact) mass is 422 g/mol. The third-order valence-corrected chi connectivity index (χ3v) is 4.19. The first-order chi connectivity index (χ1) is 14.3. The number of alkyl halides is 3. The van der Waals surface area contributed by atoms with Crippen LogP contribution < -0.4 is 14.9 Å². The predicted octanol–water partition coefficient (Wildman–Crippen LogP) is 2.79. The highest BCUT2D eigenvalue weighted by molar-refractivity contribution is 6.61. The van der Waals surface area contributed by atoms with Gasteiger partial charge in [0.2, 0.25) is 11.8 Å². The highest BCUT2D eigenvalue weighted by Gasteiger charge is 2.37. The number of halogens is 3. The molecule has 0 saturated carbocycles. The third kappa shape index (κ3) is 5.02. The molecule has 1 N–H and O–H groups in total. The van der Waals surface area contributed by atoms with Crippen LogP contribution in [0, 0.1) is 11.3 Å². The van der Waals surface area contributed by atoms with E-state index in [1.807, 2.05) is 6.92 Å². The van der Waals surface area contributed by atoms with Crippen LogP contribution in [0.1, 0.15) is 30.0 Å². The summed E-state index contributed by atoms with van der Waals surface area (Å²) in [5.74, 6) is -0.665. The van der Waals surface area contributed by atoms with Crippen molar-refractivity contribution in [3.05, 3.63) is 41.0 Å². The van der Waals surface area contributed by atoms with E-state index in [2.05, 4.69) is 4.98 Å². The van der Waals surface area contributed by atoms with Crippen molar-refractivity contribution in [3.63, 3.8) is 0 Å². The Morgan fingerprint density at radius 1 is 1.27 bits per heavy atom. The first kappa shape index (κ1) is 21.9. The zero-order valence-corrected chi connectivity index (χ0v) is 16.0. The molecule has 0 spiro atoms. The Kier molecular flexibility index (Phi) is 6.82. The van der Waals surface area contributed by atoms with E-state index in [1.165, 1.54) is 18.2 Å². The molecule has 11 heteroatoms. The smallest absolute Gasteiger partial charge is 0.474 e. The Morgan fingerprint density at radius 2 is 2.07 bits per heavy atom. The minimum absolute atomic E-state index is 0.0729. The van der Waals surface area contributed by atoms with Crippen LogP contribution in [0.15, 0.2) is 24.3 Å². The quantitative estimate of drug-likeness (QED) is 0.517. The molecule has 1 aromatic carbocycles. The van der Waals surface area contributed by atoms with Gasteiger partial charge in [-0.15, -0.1) is 0 Å². The summed E-state index contributed by atoms with van der Waals surface area (Å²) < 4.78 is 61.5. The number of hydrogen-bond acceptors (Lipinski definition) is 7. The van der Waals surface area contributed by atoms with Crippen molar-refractivity contribution >= 4 is 12.6 Å². The molecular weight excluding hydrogens is 404 g/mol. The maximum Gasteiger partial charge on any atom is 0.491 e. The van der Waals surface area contributed by atoms with E-state index >= 15 is 0 Å². The second kappa shape index (κ2) is 9.34. The van der Waals surface area contributed by atoms with E-state index in [4.69, 9.17) is 18.9 Å². The van der Waals surface area contributed by atoms with Crippen LogP contribution in [0.5, 0.6) is 17.5 Å². The molecule has 3 rings (SSSR count). The van der Waals surface area contributed by atoms with Gasteiger partial charge in [-0.1, -0.05) is 13.0 Å². The van der Waals surface area contributed by atoms with Crippen LogP contribution in [0.25, 0.3) is 0 Å². The Bertz CT molecular complexity index is 949. The fourth-order valence-electron chi connectivity index (χ4n) is 2.82. The number of benzene rings is 1. The van der Waals surface area contributed by atoms with Gasteiger partial charge in [-0.3, -0.25) is 0 Å². The summed E-state index contributed by atoms with van der Waals surface area (Å²) in [5.41, 5.74) is -0.730. The normalized spacial score (nSPS) is 13.1. The lowest BCUT2D eigenvalue weighted by Gasteiger charge is -2.15. The van der Waals surface area contributed by atoms with Crippen molar-refractivity contribution in [3.8, 4) is 23.6 Å². The van der Waals surface area contributed by atoms with Crippen molar-refractivity contribution in [2.45, 2.75) is 26.1 Å². The second-order valence-corrected chi connectivity index (χ2v) is 6.38. The summed E-state index contributed by atoms with van der Waals surface area (Å²) in [6, 6.07) is 6.72. The van der Waals surface area contributed by atoms with E-state index < -0.39 is 30.3 Å². The molecule has 30 heavy (non-hydrogen) atoms. The van der Waals surface area contributed by atoms with Gasteiger partial charge in [-0.25, -0.2) is 0 Å². The molecule has 1 aliphatic heterocycles. The summed E-state index contributed by atoms with van der Waals surface area (Å²) in [6.07, 6.45) is -4.02. The molecule has 0 unspecified atom stereocenters. The van der Waals surface area contributed by atoms with Crippen molar-refractivity contribution in [2.24, 2.45) is 0 Å². The van der Waals surface area contributed by atoms with Crippen molar-refractivity contribution in [2.75, 3.05) is 19.8 Å². The molecule has 2 aromatic rings. The van der Waals surface area contributed by atoms with Crippen LogP contribution in [0.3, 0.4) is 0 Å². The standard InChI is InChI=1S/C19H18BF3N2O5/c1-2-5-27-6-7-28-18-14(10-24)15(19(21,22)23)9-17(25-18)30-13-3-4-16-12(8-13)11-29-20(16)26/h3-4,8-9,26H,2,5-7,11H2,1H3. The van der Waals surface area contributed by atoms with Gasteiger partial charge in [0.15, 0.2) is 0 Å². The SMILES string of the molecule is CCCOCCOc1nc(Oc2ccc3c(c2)COB3O)cc(C(F)(F)F)c1C#N. The van der Waals surface area contributed by atoms with Gasteiger partial charge in [-0.05, 0) is 29.6 Å². The number of hydrogen-bond donors (Lipinski definition) is 1. The predicted molar refractivity (Wildman–Crippen MR) is 99.5 cm³/mol. The maximum atomic E-state index is 13.5. The number of fused-ring (bicyclic) bond motifs is 1. The molecule has 158 valence electrons. The molecule has 2 heterocycles. The summed E-state index contributed by atoms with van der Waals surface area (Å²) in [7, 11) is -1.05. The fraction of sp³-hybridized carbons (Fsp3) is 0.368. The van der Waals surface area contributed by atoms with Crippen LogP contribution in [0.2, 0.25) is 0 Å². The molecule has 0 fully saturated rings. The fourth-order valence-corrected chi connectivity index (χ4v) is 2.82. The lowest BCUT2D eigenvalue weighted by Crippen LogP contribution is -2.27. The van der Waals surface area contributed by atoms with Gasteiger partial charge < -0.3 is 23.9 Å². The van der Waals surface area contributed by atoms with Gasteiger partial charge >= 0.3 is 13.3 Å². The minimum Gasteiger partial charge on any atom is -0.474 e. The van der Waals surface area contributed by atoms with Crippen molar-refractivity contribution in [1.82, 2.24) is 4.98 Å². The number of ether oxygens (including phenoxy) is 3. The first-order valence-electron chi connectivity index (χ1n) is 9.16. The van der Waals surface area contributed by atoms with E-state index in [9.17, 15) is 23.5 Å². The molecule has 0 radical (unpaired) electrons. The van der Waals surface area contributed by atoms with Crippen LogP contribution in [-0.2, 0) is 22.2 Å². The molecule has 0 aliphatic carbocycles. The molecular formula is C19H18BF3N2O5. The summed E-state index contributed by atoms with van der Waals surface area (Å²) in [6.45, 7) is 2.61. The van der Waals surface area contributed by atoms with Gasteiger partial charge in [-0.2, -0.15) is 23.4 Å². The van der Waals surface area contributed by atoms with Crippen molar-refractivity contribution in [1.29, 1.82) is 5.26 Å². The molecule has 1 aliphatic rings. The largest absolute Gasteiger partial charge is 0.491 e. The number of nitrogens with zero attached hydrogens (tertiary/aromatic N) is 2. The number of nitriles is 1.